The molecule has 0 unspecified atom stereocenters. The van der Waals surface area contributed by atoms with Crippen LogP contribution in [-0.2, 0) is 9.53 Å². The average molecular weight is 237 g/mol. The van der Waals surface area contributed by atoms with Gasteiger partial charge in [0.1, 0.15) is 0 Å². The molecule has 17 heavy (non-hydrogen) atoms. The normalized spacial score (nSPS) is 15.1. The second kappa shape index (κ2) is 7.93. The Balaban J connectivity index is 2.06. The van der Waals surface area contributed by atoms with Crippen LogP contribution in [0.1, 0.15) is 51.9 Å². The van der Waals surface area contributed by atoms with Crippen LogP contribution in [0, 0.1) is 0 Å². The van der Waals surface area contributed by atoms with Crippen LogP contribution in [0.4, 0.5) is 0 Å². The summed E-state index contributed by atoms with van der Waals surface area (Å²) in [4.78, 5) is 10.5. The topological polar surface area (TPSA) is 52.3 Å². The van der Waals surface area contributed by atoms with Crippen molar-refractivity contribution in [1.29, 1.82) is 0 Å². The SMILES string of the molecule is CCC1=CC=C(OCCCCCC(N)=O)CC1. The zero-order valence-electron chi connectivity index (χ0n) is 10.7. The van der Waals surface area contributed by atoms with E-state index in [9.17, 15) is 4.79 Å². The van der Waals surface area contributed by atoms with E-state index in [1.165, 1.54) is 5.57 Å². The highest BCUT2D eigenvalue weighted by molar-refractivity contribution is 5.73. The van der Waals surface area contributed by atoms with Crippen LogP contribution in [0.5, 0.6) is 0 Å². The Morgan fingerprint density at radius 2 is 2.12 bits per heavy atom. The first-order valence-electron chi connectivity index (χ1n) is 6.52. The lowest BCUT2D eigenvalue weighted by Gasteiger charge is -2.14. The monoisotopic (exact) mass is 237 g/mol. The van der Waals surface area contributed by atoms with E-state index in [-0.39, 0.29) is 5.91 Å². The number of allylic oxidation sites excluding steroid dienone is 4. The number of hydrogen-bond acceptors (Lipinski definition) is 2. The van der Waals surface area contributed by atoms with E-state index >= 15 is 0 Å². The Labute approximate surface area is 104 Å². The molecule has 1 aliphatic rings. The van der Waals surface area contributed by atoms with E-state index < -0.39 is 0 Å². The lowest BCUT2D eigenvalue weighted by Crippen LogP contribution is -2.09. The molecule has 0 aliphatic heterocycles. The van der Waals surface area contributed by atoms with Crippen molar-refractivity contribution in [2.75, 3.05) is 6.61 Å². The van der Waals surface area contributed by atoms with Crippen LogP contribution in [0.3, 0.4) is 0 Å². The lowest BCUT2D eigenvalue weighted by molar-refractivity contribution is -0.118. The van der Waals surface area contributed by atoms with E-state index in [0.717, 1.165) is 50.9 Å². The standard InChI is InChI=1S/C14H23NO2/c1-2-12-7-9-13(10-8-12)17-11-5-3-4-6-14(15)16/h7,9H,2-6,8,10-11H2,1H3,(H2,15,16). The average Bonchev–Trinajstić information content (AvgIpc) is 2.34. The quantitative estimate of drug-likeness (QED) is 0.660. The third-order valence-corrected chi connectivity index (χ3v) is 3.01. The molecule has 0 aromatic rings. The van der Waals surface area contributed by atoms with Crippen molar-refractivity contribution in [2.45, 2.75) is 51.9 Å². The van der Waals surface area contributed by atoms with E-state index in [4.69, 9.17) is 10.5 Å². The summed E-state index contributed by atoms with van der Waals surface area (Å²) in [5.41, 5.74) is 6.56. The van der Waals surface area contributed by atoms with Gasteiger partial charge in [0, 0.05) is 12.8 Å². The number of carbonyl (C=O) groups is 1. The van der Waals surface area contributed by atoms with E-state index in [0.29, 0.717) is 6.42 Å². The van der Waals surface area contributed by atoms with Gasteiger partial charge in [-0.2, -0.15) is 0 Å². The molecule has 1 aliphatic carbocycles. The molecular formula is C14H23NO2. The van der Waals surface area contributed by atoms with Crippen molar-refractivity contribution < 1.29 is 9.53 Å². The van der Waals surface area contributed by atoms with Crippen molar-refractivity contribution in [1.82, 2.24) is 0 Å². The van der Waals surface area contributed by atoms with Crippen molar-refractivity contribution in [2.24, 2.45) is 5.73 Å². The molecule has 0 atom stereocenters. The Morgan fingerprint density at radius 1 is 1.29 bits per heavy atom. The fourth-order valence-electron chi connectivity index (χ4n) is 1.86. The van der Waals surface area contributed by atoms with Gasteiger partial charge in [0.05, 0.1) is 12.4 Å². The van der Waals surface area contributed by atoms with Gasteiger partial charge in [-0.1, -0.05) is 18.6 Å². The highest BCUT2D eigenvalue weighted by atomic mass is 16.5. The molecule has 0 bridgehead atoms. The Morgan fingerprint density at radius 3 is 2.71 bits per heavy atom. The van der Waals surface area contributed by atoms with Crippen molar-refractivity contribution in [3.05, 3.63) is 23.5 Å². The third-order valence-electron chi connectivity index (χ3n) is 3.01. The van der Waals surface area contributed by atoms with Crippen LogP contribution >= 0.6 is 0 Å². The zero-order chi connectivity index (χ0) is 12.5. The van der Waals surface area contributed by atoms with E-state index in [1.54, 1.807) is 0 Å². The summed E-state index contributed by atoms with van der Waals surface area (Å²) >= 11 is 0. The van der Waals surface area contributed by atoms with Gasteiger partial charge in [0.25, 0.3) is 0 Å². The number of rotatable bonds is 8. The van der Waals surface area contributed by atoms with Crippen molar-refractivity contribution >= 4 is 5.91 Å². The van der Waals surface area contributed by atoms with Crippen LogP contribution in [0.2, 0.25) is 0 Å². The minimum Gasteiger partial charge on any atom is -0.498 e. The Bertz CT molecular complexity index is 305. The molecule has 1 rings (SSSR count). The van der Waals surface area contributed by atoms with E-state index in [1.807, 2.05) is 0 Å². The van der Waals surface area contributed by atoms with Gasteiger partial charge in [-0.05, 0) is 38.2 Å². The summed E-state index contributed by atoms with van der Waals surface area (Å²) in [5.74, 6) is 0.884. The Kier molecular flexibility index (Phi) is 6.45. The van der Waals surface area contributed by atoms with Gasteiger partial charge >= 0.3 is 0 Å². The van der Waals surface area contributed by atoms with Gasteiger partial charge in [-0.15, -0.1) is 0 Å². The molecule has 0 saturated heterocycles. The summed E-state index contributed by atoms with van der Waals surface area (Å²) in [6.45, 7) is 2.93. The number of unbranched alkanes of at least 4 members (excludes halogenated alkanes) is 2. The van der Waals surface area contributed by atoms with Crippen LogP contribution < -0.4 is 5.73 Å². The molecule has 0 heterocycles. The predicted molar refractivity (Wildman–Crippen MR) is 69.3 cm³/mol. The first kappa shape index (κ1) is 13.8. The first-order valence-corrected chi connectivity index (χ1v) is 6.52. The summed E-state index contributed by atoms with van der Waals surface area (Å²) in [5, 5.41) is 0. The molecule has 3 nitrogen and oxygen atoms in total. The van der Waals surface area contributed by atoms with Crippen LogP contribution in [0.15, 0.2) is 23.5 Å². The lowest BCUT2D eigenvalue weighted by atomic mass is 10.0. The van der Waals surface area contributed by atoms with Crippen molar-refractivity contribution in [3.63, 3.8) is 0 Å². The van der Waals surface area contributed by atoms with Gasteiger partial charge in [-0.3, -0.25) is 4.79 Å². The highest BCUT2D eigenvalue weighted by Crippen LogP contribution is 2.21. The predicted octanol–water partition coefficient (Wildman–Crippen LogP) is 3.06. The fraction of sp³-hybridized carbons (Fsp3) is 0.643. The molecule has 0 aromatic heterocycles. The number of carbonyl (C=O) groups excluding carboxylic acids is 1. The summed E-state index contributed by atoms with van der Waals surface area (Å²) in [6.07, 6.45) is 10.9. The largest absolute Gasteiger partial charge is 0.498 e. The molecule has 2 N–H and O–H groups in total. The molecular weight excluding hydrogens is 214 g/mol. The number of ether oxygens (including phenoxy) is 1. The maximum atomic E-state index is 10.5. The molecule has 1 amide bonds. The number of amides is 1. The van der Waals surface area contributed by atoms with E-state index in [2.05, 4.69) is 19.1 Å². The van der Waals surface area contributed by atoms with Gasteiger partial charge in [0.2, 0.25) is 5.91 Å². The smallest absolute Gasteiger partial charge is 0.217 e. The number of nitrogens with two attached hydrogens (primary N) is 1. The maximum absolute atomic E-state index is 10.5. The second-order valence-electron chi connectivity index (χ2n) is 4.44. The highest BCUT2D eigenvalue weighted by Gasteiger charge is 2.05. The molecule has 0 radical (unpaired) electrons. The van der Waals surface area contributed by atoms with Gasteiger partial charge in [-0.25, -0.2) is 0 Å². The number of hydrogen-bond donors (Lipinski definition) is 1. The summed E-state index contributed by atoms with van der Waals surface area (Å²) in [6, 6.07) is 0. The minimum absolute atomic E-state index is 0.210. The molecule has 0 saturated carbocycles. The van der Waals surface area contributed by atoms with Gasteiger partial charge in [0.15, 0.2) is 0 Å². The zero-order valence-corrected chi connectivity index (χ0v) is 10.7. The maximum Gasteiger partial charge on any atom is 0.217 e. The molecule has 0 fully saturated rings. The molecule has 96 valence electrons. The van der Waals surface area contributed by atoms with Crippen LogP contribution in [0.25, 0.3) is 0 Å². The Hall–Kier alpha value is -1.25. The summed E-state index contributed by atoms with van der Waals surface area (Å²) in [7, 11) is 0. The minimum atomic E-state index is -0.210. The van der Waals surface area contributed by atoms with Gasteiger partial charge < -0.3 is 10.5 Å². The van der Waals surface area contributed by atoms with Crippen LogP contribution in [-0.4, -0.2) is 12.5 Å². The fourth-order valence-corrected chi connectivity index (χ4v) is 1.86. The molecule has 3 heteroatoms. The number of primary amides is 1. The first-order chi connectivity index (χ1) is 8.22. The van der Waals surface area contributed by atoms with Crippen molar-refractivity contribution in [3.8, 4) is 0 Å². The summed E-state index contributed by atoms with van der Waals surface area (Å²) < 4.78 is 5.68. The third kappa shape index (κ3) is 6.15. The molecule has 0 spiro atoms. The molecule has 0 aromatic carbocycles. The second-order valence-corrected chi connectivity index (χ2v) is 4.44.